The van der Waals surface area contributed by atoms with Gasteiger partial charge in [-0.2, -0.15) is 13.2 Å². The third kappa shape index (κ3) is 8.26. The zero-order chi connectivity index (χ0) is 31.1. The van der Waals surface area contributed by atoms with Gasteiger partial charge in [0.25, 0.3) is 0 Å². The molecule has 0 amide bonds. The summed E-state index contributed by atoms with van der Waals surface area (Å²) in [7, 11) is 0. The van der Waals surface area contributed by atoms with Crippen molar-refractivity contribution in [2.45, 2.75) is 45.2 Å². The predicted octanol–water partition coefficient (Wildman–Crippen LogP) is 10.1. The minimum absolute atomic E-state index is 0.00345. The molecule has 0 nitrogen and oxygen atoms in total. The Labute approximate surface area is 244 Å². The number of fused-ring (bicyclic) bond motifs is 1. The average Bonchev–Trinajstić information content (AvgIpc) is 2.93. The summed E-state index contributed by atoms with van der Waals surface area (Å²) < 4.78 is 110. The Bertz CT molecular complexity index is 1780. The van der Waals surface area contributed by atoms with Gasteiger partial charge in [0.15, 0.2) is 0 Å². The van der Waals surface area contributed by atoms with Crippen LogP contribution < -0.4 is 0 Å². The summed E-state index contributed by atoms with van der Waals surface area (Å²) >= 11 is 0. The number of rotatable bonds is 7. The molecule has 0 heterocycles. The molecule has 0 aliphatic carbocycles. The molecule has 4 rings (SSSR count). The molecule has 0 spiro atoms. The SMILES string of the molecule is CCCCCCc1ccc(C#Cc2cc(F)c(/C=C/c3ccc4c(F)c(C#CC(F)(F)F)c(F)cc4c3)c(F)c2)c(F)c1. The number of alkyl halides is 3. The first-order valence-electron chi connectivity index (χ1n) is 13.4. The van der Waals surface area contributed by atoms with E-state index in [0.29, 0.717) is 5.56 Å². The lowest BCUT2D eigenvalue weighted by atomic mass is 10.0. The van der Waals surface area contributed by atoms with Crippen LogP contribution in [0.1, 0.15) is 66.0 Å². The number of unbranched alkanes of at least 4 members (excludes halogenated alkanes) is 3. The number of hydrogen-bond acceptors (Lipinski definition) is 0. The lowest BCUT2D eigenvalue weighted by molar-refractivity contribution is -0.0696. The third-order valence-corrected chi connectivity index (χ3v) is 6.60. The van der Waals surface area contributed by atoms with Crippen molar-refractivity contribution < 1.29 is 35.1 Å². The largest absolute Gasteiger partial charge is 0.458 e. The number of aryl methyl sites for hydroxylation is 1. The van der Waals surface area contributed by atoms with E-state index in [0.717, 1.165) is 67.9 Å². The fourth-order valence-electron chi connectivity index (χ4n) is 4.41. The summed E-state index contributed by atoms with van der Waals surface area (Å²) in [5, 5.41) is -0.165. The van der Waals surface area contributed by atoms with Gasteiger partial charge in [0, 0.05) is 22.4 Å². The zero-order valence-corrected chi connectivity index (χ0v) is 22.9. The van der Waals surface area contributed by atoms with Gasteiger partial charge in [-0.25, -0.2) is 22.0 Å². The Kier molecular flexibility index (Phi) is 9.93. The van der Waals surface area contributed by atoms with Gasteiger partial charge in [0.05, 0.1) is 11.1 Å². The highest BCUT2D eigenvalue weighted by Crippen LogP contribution is 2.27. The summed E-state index contributed by atoms with van der Waals surface area (Å²) in [5.41, 5.74) is -0.152. The van der Waals surface area contributed by atoms with Crippen LogP contribution >= 0.6 is 0 Å². The maximum Gasteiger partial charge on any atom is 0.458 e. The van der Waals surface area contributed by atoms with Crippen LogP contribution in [0, 0.1) is 52.8 Å². The van der Waals surface area contributed by atoms with Crippen LogP contribution in [0.2, 0.25) is 0 Å². The van der Waals surface area contributed by atoms with Crippen LogP contribution in [0.4, 0.5) is 35.1 Å². The monoisotopic (exact) mass is 596 g/mol. The van der Waals surface area contributed by atoms with E-state index < -0.39 is 46.4 Å². The van der Waals surface area contributed by atoms with E-state index in [1.165, 1.54) is 36.3 Å². The minimum atomic E-state index is -4.92. The minimum Gasteiger partial charge on any atom is -0.206 e. The topological polar surface area (TPSA) is 0 Å². The second-order valence-corrected chi connectivity index (χ2v) is 9.84. The molecule has 4 aromatic carbocycles. The van der Waals surface area contributed by atoms with Gasteiger partial charge in [-0.1, -0.05) is 68.2 Å². The van der Waals surface area contributed by atoms with Crippen molar-refractivity contribution in [1.29, 1.82) is 0 Å². The van der Waals surface area contributed by atoms with Crippen molar-refractivity contribution in [2.24, 2.45) is 0 Å². The second kappa shape index (κ2) is 13.6. The molecular formula is C35H24F8. The van der Waals surface area contributed by atoms with Gasteiger partial charge in [-0.3, -0.25) is 0 Å². The van der Waals surface area contributed by atoms with Crippen LogP contribution in [0.5, 0.6) is 0 Å². The van der Waals surface area contributed by atoms with Gasteiger partial charge in [0.1, 0.15) is 29.1 Å². The van der Waals surface area contributed by atoms with Crippen molar-refractivity contribution in [1.82, 2.24) is 0 Å². The Morgan fingerprint density at radius 3 is 2.12 bits per heavy atom. The Hall–Kier alpha value is -4.56. The molecule has 0 aliphatic rings. The lowest BCUT2D eigenvalue weighted by Crippen LogP contribution is -2.02. The first-order chi connectivity index (χ1) is 20.4. The average molecular weight is 597 g/mol. The third-order valence-electron chi connectivity index (χ3n) is 6.60. The summed E-state index contributed by atoms with van der Waals surface area (Å²) in [6, 6.07) is 11.4. The Morgan fingerprint density at radius 2 is 1.44 bits per heavy atom. The van der Waals surface area contributed by atoms with Gasteiger partial charge < -0.3 is 0 Å². The molecule has 0 fully saturated rings. The van der Waals surface area contributed by atoms with Crippen LogP contribution in [0.25, 0.3) is 22.9 Å². The van der Waals surface area contributed by atoms with Gasteiger partial charge >= 0.3 is 6.18 Å². The maximum atomic E-state index is 14.8. The molecule has 220 valence electrons. The van der Waals surface area contributed by atoms with Crippen LogP contribution in [-0.4, -0.2) is 6.18 Å². The van der Waals surface area contributed by atoms with Gasteiger partial charge in [0.2, 0.25) is 0 Å². The lowest BCUT2D eigenvalue weighted by Gasteiger charge is -2.06. The Balaban J connectivity index is 1.53. The van der Waals surface area contributed by atoms with Gasteiger partial charge in [-0.15, -0.1) is 0 Å². The normalized spacial score (nSPS) is 11.4. The van der Waals surface area contributed by atoms with Crippen molar-refractivity contribution in [3.63, 3.8) is 0 Å². The van der Waals surface area contributed by atoms with E-state index in [1.807, 2.05) is 0 Å². The smallest absolute Gasteiger partial charge is 0.206 e. The predicted molar refractivity (Wildman–Crippen MR) is 152 cm³/mol. The molecule has 0 saturated carbocycles. The van der Waals surface area contributed by atoms with E-state index in [-0.39, 0.29) is 21.9 Å². The fourth-order valence-corrected chi connectivity index (χ4v) is 4.41. The van der Waals surface area contributed by atoms with E-state index in [2.05, 4.69) is 18.8 Å². The standard InChI is InChI=1S/C35H24F8/c1-2-3-4-5-6-22-7-11-25(30(36)18-22)12-8-24-19-31(37)28(32(38)20-24)14-10-23-9-13-27-26(17-23)21-33(39)29(34(27)40)15-16-35(41,42)43/h7,9-11,13-14,17-21H,2-6H2,1H3/b14-10+. The summed E-state index contributed by atoms with van der Waals surface area (Å²) in [4.78, 5) is 0. The molecule has 0 saturated heterocycles. The molecule has 0 unspecified atom stereocenters. The first kappa shape index (κ1) is 31.4. The van der Waals surface area contributed by atoms with E-state index in [1.54, 1.807) is 12.1 Å². The van der Waals surface area contributed by atoms with Gasteiger partial charge in [-0.05, 0) is 71.8 Å². The van der Waals surface area contributed by atoms with Crippen molar-refractivity contribution in [3.05, 3.63) is 117 Å². The molecule has 0 atom stereocenters. The van der Waals surface area contributed by atoms with Crippen molar-refractivity contribution in [2.75, 3.05) is 0 Å². The molecule has 0 radical (unpaired) electrons. The maximum absolute atomic E-state index is 14.8. The summed E-state index contributed by atoms with van der Waals surface area (Å²) in [6.07, 6.45) is 2.51. The van der Waals surface area contributed by atoms with Crippen molar-refractivity contribution in [3.8, 4) is 23.7 Å². The quantitative estimate of drug-likeness (QED) is 0.0862. The van der Waals surface area contributed by atoms with E-state index in [4.69, 9.17) is 0 Å². The second-order valence-electron chi connectivity index (χ2n) is 9.84. The highest BCUT2D eigenvalue weighted by molar-refractivity contribution is 5.88. The first-order valence-corrected chi connectivity index (χ1v) is 13.4. The van der Waals surface area contributed by atoms with Crippen LogP contribution in [0.15, 0.2) is 54.6 Å². The van der Waals surface area contributed by atoms with Crippen LogP contribution in [-0.2, 0) is 6.42 Å². The molecular weight excluding hydrogens is 572 g/mol. The summed E-state index contributed by atoms with van der Waals surface area (Å²) in [5.74, 6) is 2.58. The number of benzene rings is 4. The molecule has 43 heavy (non-hydrogen) atoms. The fraction of sp³-hybridized carbons (Fsp3) is 0.200. The molecule has 0 N–H and O–H groups in total. The highest BCUT2D eigenvalue weighted by atomic mass is 19.4. The molecule has 0 aliphatic heterocycles. The number of hydrogen-bond donors (Lipinski definition) is 0. The molecule has 0 bridgehead atoms. The van der Waals surface area contributed by atoms with Crippen LogP contribution in [0.3, 0.4) is 0 Å². The highest BCUT2D eigenvalue weighted by Gasteiger charge is 2.24. The molecule has 8 heteroatoms. The summed E-state index contributed by atoms with van der Waals surface area (Å²) in [6.45, 7) is 2.11. The van der Waals surface area contributed by atoms with E-state index in [9.17, 15) is 35.1 Å². The molecule has 0 aromatic heterocycles. The molecule has 4 aromatic rings. The number of halogens is 8. The Morgan fingerprint density at radius 1 is 0.698 bits per heavy atom. The van der Waals surface area contributed by atoms with Crippen molar-refractivity contribution >= 4 is 22.9 Å². The van der Waals surface area contributed by atoms with E-state index >= 15 is 0 Å². The zero-order valence-electron chi connectivity index (χ0n) is 22.9.